The molecule has 0 fully saturated rings. The van der Waals surface area contributed by atoms with E-state index in [1.807, 2.05) is 86.6 Å². The van der Waals surface area contributed by atoms with E-state index in [0.717, 1.165) is 28.7 Å². The molecule has 33 heavy (non-hydrogen) atoms. The Morgan fingerprint density at radius 3 is 2.33 bits per heavy atom. The van der Waals surface area contributed by atoms with Crippen LogP contribution in [0.2, 0.25) is 5.02 Å². The molecule has 2 amide bonds. The summed E-state index contributed by atoms with van der Waals surface area (Å²) in [6, 6.07) is 24.5. The molecule has 1 N–H and O–H groups in total. The Hall–Kier alpha value is -3.11. The van der Waals surface area contributed by atoms with Crippen LogP contribution >= 0.6 is 11.6 Å². The summed E-state index contributed by atoms with van der Waals surface area (Å²) in [6.45, 7) is 4.89. The molecule has 5 heteroatoms. The summed E-state index contributed by atoms with van der Waals surface area (Å²) < 4.78 is 0. The minimum Gasteiger partial charge on any atom is -0.354 e. The van der Waals surface area contributed by atoms with Crippen molar-refractivity contribution in [3.63, 3.8) is 0 Å². The van der Waals surface area contributed by atoms with Gasteiger partial charge in [-0.2, -0.15) is 0 Å². The van der Waals surface area contributed by atoms with Crippen LogP contribution in [0.3, 0.4) is 0 Å². The van der Waals surface area contributed by atoms with E-state index in [2.05, 4.69) is 5.32 Å². The lowest BCUT2D eigenvalue weighted by molar-refractivity contribution is -0.140. The third-order valence-corrected chi connectivity index (χ3v) is 5.90. The maximum atomic E-state index is 13.7. The molecule has 0 saturated heterocycles. The summed E-state index contributed by atoms with van der Waals surface area (Å²) in [6.07, 6.45) is 1.51. The van der Waals surface area contributed by atoms with Crippen molar-refractivity contribution in [3.8, 4) is 0 Å². The van der Waals surface area contributed by atoms with Crippen LogP contribution in [-0.4, -0.2) is 29.3 Å². The largest absolute Gasteiger partial charge is 0.354 e. The molecular formula is C28H31ClN2O2. The summed E-state index contributed by atoms with van der Waals surface area (Å²) in [5, 5.41) is 3.61. The first-order valence-electron chi connectivity index (χ1n) is 11.4. The van der Waals surface area contributed by atoms with Gasteiger partial charge in [0.1, 0.15) is 6.04 Å². The quantitative estimate of drug-likeness (QED) is 0.441. The second-order valence-corrected chi connectivity index (χ2v) is 8.69. The van der Waals surface area contributed by atoms with Gasteiger partial charge in [-0.15, -0.1) is 0 Å². The standard InChI is InChI=1S/C28H31ClN2O2/c1-3-16-30-28(33)26(18-22-11-5-4-6-12-22)31(20-23-13-9-15-25(29)17-23)27(32)19-24-14-8-7-10-21(24)2/h4-15,17,26H,3,16,18-20H2,1-2H3,(H,30,33)/t26-/m1/s1. The van der Waals surface area contributed by atoms with Gasteiger partial charge in [-0.25, -0.2) is 0 Å². The van der Waals surface area contributed by atoms with Crippen LogP contribution in [-0.2, 0) is 29.0 Å². The zero-order valence-corrected chi connectivity index (χ0v) is 20.0. The molecule has 0 aromatic heterocycles. The van der Waals surface area contributed by atoms with Crippen molar-refractivity contribution in [3.05, 3.63) is 106 Å². The number of amides is 2. The Kier molecular flexibility index (Phi) is 9.08. The van der Waals surface area contributed by atoms with Gasteiger partial charge in [-0.05, 0) is 47.7 Å². The highest BCUT2D eigenvalue weighted by Crippen LogP contribution is 2.19. The highest BCUT2D eigenvalue weighted by Gasteiger charge is 2.30. The van der Waals surface area contributed by atoms with Crippen LogP contribution < -0.4 is 5.32 Å². The topological polar surface area (TPSA) is 49.4 Å². The maximum absolute atomic E-state index is 13.7. The van der Waals surface area contributed by atoms with E-state index in [9.17, 15) is 9.59 Å². The molecule has 0 unspecified atom stereocenters. The summed E-state index contributed by atoms with van der Waals surface area (Å²) in [5.74, 6) is -0.224. The van der Waals surface area contributed by atoms with E-state index < -0.39 is 6.04 Å². The van der Waals surface area contributed by atoms with E-state index in [4.69, 9.17) is 11.6 Å². The highest BCUT2D eigenvalue weighted by atomic mass is 35.5. The molecule has 3 aromatic rings. The molecule has 0 radical (unpaired) electrons. The zero-order valence-electron chi connectivity index (χ0n) is 19.3. The molecule has 0 heterocycles. The lowest BCUT2D eigenvalue weighted by atomic mass is 10.00. The van der Waals surface area contributed by atoms with E-state index in [1.165, 1.54) is 0 Å². The lowest BCUT2D eigenvalue weighted by Crippen LogP contribution is -2.51. The Morgan fingerprint density at radius 2 is 1.64 bits per heavy atom. The number of nitrogens with zero attached hydrogens (tertiary/aromatic N) is 1. The Morgan fingerprint density at radius 1 is 0.939 bits per heavy atom. The maximum Gasteiger partial charge on any atom is 0.243 e. The molecule has 0 saturated carbocycles. The number of hydrogen-bond donors (Lipinski definition) is 1. The van der Waals surface area contributed by atoms with Crippen LogP contribution in [0.25, 0.3) is 0 Å². The molecular weight excluding hydrogens is 432 g/mol. The van der Waals surface area contributed by atoms with Crippen molar-refractivity contribution >= 4 is 23.4 Å². The minimum absolute atomic E-state index is 0.0862. The third-order valence-electron chi connectivity index (χ3n) is 5.67. The van der Waals surface area contributed by atoms with Crippen LogP contribution in [0, 0.1) is 6.92 Å². The number of benzene rings is 3. The van der Waals surface area contributed by atoms with Gasteiger partial charge in [-0.1, -0.05) is 85.3 Å². The smallest absolute Gasteiger partial charge is 0.243 e. The van der Waals surface area contributed by atoms with Crippen molar-refractivity contribution in [2.45, 2.75) is 45.7 Å². The first-order valence-corrected chi connectivity index (χ1v) is 11.8. The molecule has 0 aliphatic heterocycles. The fraction of sp³-hybridized carbons (Fsp3) is 0.286. The molecule has 172 valence electrons. The first kappa shape index (κ1) is 24.5. The summed E-state index contributed by atoms with van der Waals surface area (Å²) >= 11 is 6.22. The Labute approximate surface area is 201 Å². The monoisotopic (exact) mass is 462 g/mol. The number of carbonyl (C=O) groups is 2. The van der Waals surface area contributed by atoms with Gasteiger partial charge >= 0.3 is 0 Å². The molecule has 4 nitrogen and oxygen atoms in total. The number of carbonyl (C=O) groups excluding carboxylic acids is 2. The van der Waals surface area contributed by atoms with Gasteiger partial charge in [0.25, 0.3) is 0 Å². The van der Waals surface area contributed by atoms with E-state index in [0.29, 0.717) is 24.5 Å². The van der Waals surface area contributed by atoms with Crippen LogP contribution in [0.15, 0.2) is 78.9 Å². The third kappa shape index (κ3) is 7.19. The van der Waals surface area contributed by atoms with Crippen LogP contribution in [0.4, 0.5) is 0 Å². The van der Waals surface area contributed by atoms with Gasteiger partial charge in [0.05, 0.1) is 6.42 Å². The van der Waals surface area contributed by atoms with Crippen molar-refractivity contribution in [2.24, 2.45) is 0 Å². The molecule has 1 atom stereocenters. The highest BCUT2D eigenvalue weighted by molar-refractivity contribution is 6.30. The fourth-order valence-corrected chi connectivity index (χ4v) is 4.04. The van der Waals surface area contributed by atoms with Crippen molar-refractivity contribution in [2.75, 3.05) is 6.54 Å². The van der Waals surface area contributed by atoms with Gasteiger partial charge in [0, 0.05) is 24.5 Å². The van der Waals surface area contributed by atoms with Gasteiger partial charge < -0.3 is 10.2 Å². The van der Waals surface area contributed by atoms with Crippen molar-refractivity contribution in [1.29, 1.82) is 0 Å². The van der Waals surface area contributed by atoms with Crippen LogP contribution in [0.5, 0.6) is 0 Å². The fourth-order valence-electron chi connectivity index (χ4n) is 3.82. The normalized spacial score (nSPS) is 11.6. The second kappa shape index (κ2) is 12.2. The Balaban J connectivity index is 1.96. The number of halogens is 1. The number of hydrogen-bond acceptors (Lipinski definition) is 2. The van der Waals surface area contributed by atoms with E-state index in [1.54, 1.807) is 11.0 Å². The Bertz CT molecular complexity index is 1070. The molecule has 0 aliphatic rings. The van der Waals surface area contributed by atoms with E-state index in [-0.39, 0.29) is 18.2 Å². The molecule has 3 rings (SSSR count). The molecule has 3 aromatic carbocycles. The zero-order chi connectivity index (χ0) is 23.6. The SMILES string of the molecule is CCCNC(=O)[C@@H](Cc1ccccc1)N(Cc1cccc(Cl)c1)C(=O)Cc1ccccc1C. The lowest BCUT2D eigenvalue weighted by Gasteiger charge is -2.32. The van der Waals surface area contributed by atoms with E-state index >= 15 is 0 Å². The number of rotatable bonds is 10. The summed E-state index contributed by atoms with van der Waals surface area (Å²) in [7, 11) is 0. The van der Waals surface area contributed by atoms with Gasteiger partial charge in [0.2, 0.25) is 11.8 Å². The van der Waals surface area contributed by atoms with Crippen molar-refractivity contribution in [1.82, 2.24) is 10.2 Å². The van der Waals surface area contributed by atoms with Gasteiger partial charge in [0.15, 0.2) is 0 Å². The predicted molar refractivity (Wildman–Crippen MR) is 134 cm³/mol. The summed E-state index contributed by atoms with van der Waals surface area (Å²) in [4.78, 5) is 28.7. The van der Waals surface area contributed by atoms with Crippen molar-refractivity contribution < 1.29 is 9.59 Å². The van der Waals surface area contributed by atoms with Crippen LogP contribution in [0.1, 0.15) is 35.6 Å². The minimum atomic E-state index is -0.630. The average molecular weight is 463 g/mol. The summed E-state index contributed by atoms with van der Waals surface area (Å²) in [5.41, 5.74) is 3.92. The van der Waals surface area contributed by atoms with Gasteiger partial charge in [-0.3, -0.25) is 9.59 Å². The number of nitrogens with one attached hydrogen (secondary N) is 1. The number of aryl methyl sites for hydroxylation is 1. The molecule has 0 aliphatic carbocycles. The second-order valence-electron chi connectivity index (χ2n) is 8.25. The molecule has 0 bridgehead atoms. The average Bonchev–Trinajstić information content (AvgIpc) is 2.82. The predicted octanol–water partition coefficient (Wildman–Crippen LogP) is 5.36. The first-order chi connectivity index (χ1) is 16.0. The molecule has 0 spiro atoms.